The number of amides is 1. The van der Waals surface area contributed by atoms with Crippen molar-refractivity contribution in [2.75, 3.05) is 19.6 Å². The lowest BCUT2D eigenvalue weighted by Gasteiger charge is -2.60. The van der Waals surface area contributed by atoms with Crippen molar-refractivity contribution in [2.24, 2.45) is 5.92 Å². The van der Waals surface area contributed by atoms with Crippen LogP contribution in [0.15, 0.2) is 49.1 Å². The van der Waals surface area contributed by atoms with Gasteiger partial charge in [0.05, 0.1) is 6.04 Å². The van der Waals surface area contributed by atoms with E-state index in [0.29, 0.717) is 30.4 Å². The Morgan fingerprint density at radius 1 is 1.21 bits per heavy atom. The molecule has 6 rings (SSSR count). The summed E-state index contributed by atoms with van der Waals surface area (Å²) in [7, 11) is 0. The number of phenols is 1. The van der Waals surface area contributed by atoms with Gasteiger partial charge in [-0.15, -0.1) is 6.58 Å². The Morgan fingerprint density at radius 3 is 2.76 bits per heavy atom. The van der Waals surface area contributed by atoms with Gasteiger partial charge in [0, 0.05) is 55.1 Å². The van der Waals surface area contributed by atoms with Crippen LogP contribution in [0.25, 0.3) is 0 Å². The summed E-state index contributed by atoms with van der Waals surface area (Å²) in [6, 6.07) is 12.3. The normalized spacial score (nSPS) is 27.1. The first-order valence-electron chi connectivity index (χ1n) is 15.8. The van der Waals surface area contributed by atoms with Crippen molar-refractivity contribution in [1.29, 1.82) is 0 Å². The zero-order chi connectivity index (χ0) is 29.4. The highest BCUT2D eigenvalue weighted by atomic mass is 16.6. The van der Waals surface area contributed by atoms with E-state index < -0.39 is 5.97 Å². The van der Waals surface area contributed by atoms with E-state index in [1.165, 1.54) is 12.5 Å². The predicted molar refractivity (Wildman–Crippen MR) is 162 cm³/mol. The number of phenolic OH excluding ortho intramolecular Hbond substituents is 1. The van der Waals surface area contributed by atoms with E-state index in [1.54, 1.807) is 6.07 Å². The number of carbonyl (C=O) groups excluding carboxylic acids is 2. The second-order valence-electron chi connectivity index (χ2n) is 12.5. The van der Waals surface area contributed by atoms with E-state index >= 15 is 0 Å². The lowest BCUT2D eigenvalue weighted by Crippen LogP contribution is -2.69. The van der Waals surface area contributed by atoms with Crippen LogP contribution in [-0.4, -0.2) is 64.6 Å². The van der Waals surface area contributed by atoms with Gasteiger partial charge < -0.3 is 19.5 Å². The Kier molecular flexibility index (Phi) is 8.05. The van der Waals surface area contributed by atoms with Crippen LogP contribution < -0.4 is 9.47 Å². The van der Waals surface area contributed by atoms with Crippen molar-refractivity contribution in [3.8, 4) is 17.2 Å². The zero-order valence-corrected chi connectivity index (χ0v) is 25.0. The molecule has 5 atom stereocenters. The lowest BCUT2D eigenvalue weighted by atomic mass is 9.50. The zero-order valence-electron chi connectivity index (χ0n) is 25.0. The summed E-state index contributed by atoms with van der Waals surface area (Å²) in [4.78, 5) is 30.3. The molecule has 7 heteroatoms. The summed E-state index contributed by atoms with van der Waals surface area (Å²) in [5.74, 6) is 1.14. The molecular formula is C35H44N2O5. The Labute approximate surface area is 249 Å². The maximum absolute atomic E-state index is 13.7. The van der Waals surface area contributed by atoms with Gasteiger partial charge in [-0.1, -0.05) is 42.8 Å². The Bertz CT molecular complexity index is 1340. The van der Waals surface area contributed by atoms with Crippen LogP contribution in [0.2, 0.25) is 0 Å². The SMILES string of the molecule is C=CCN1CC[C@]23c4c5c(O)cc(OC(C)=O)c4O[C@H]2[C@@H](N(CC)C(=O)CCCCCc2ccccc2)CC[C@H]3[C@H]1C5. The fraction of sp³-hybridized carbons (Fsp3) is 0.543. The molecule has 0 unspecified atom stereocenters. The number of likely N-dealkylation sites (N-methyl/N-ethyl adjacent to an activating group) is 1. The molecule has 4 aliphatic rings. The number of carbonyl (C=O) groups is 2. The smallest absolute Gasteiger partial charge is 0.308 e. The number of unbranched alkanes of at least 4 members (excludes halogenated alkanes) is 2. The van der Waals surface area contributed by atoms with E-state index in [-0.39, 0.29) is 35.3 Å². The molecule has 7 nitrogen and oxygen atoms in total. The highest BCUT2D eigenvalue weighted by molar-refractivity contribution is 5.77. The fourth-order valence-electron chi connectivity index (χ4n) is 8.76. The summed E-state index contributed by atoms with van der Waals surface area (Å²) in [6.45, 7) is 9.78. The van der Waals surface area contributed by atoms with Crippen LogP contribution in [0.1, 0.15) is 75.5 Å². The van der Waals surface area contributed by atoms with Crippen molar-refractivity contribution < 1.29 is 24.2 Å². The molecule has 2 bridgehead atoms. The number of benzene rings is 2. The molecule has 2 aliphatic carbocycles. The molecule has 1 N–H and O–H groups in total. The molecule has 2 aliphatic heterocycles. The van der Waals surface area contributed by atoms with Crippen molar-refractivity contribution in [2.45, 2.75) is 95.2 Å². The van der Waals surface area contributed by atoms with Crippen LogP contribution in [0.4, 0.5) is 0 Å². The van der Waals surface area contributed by atoms with Crippen LogP contribution in [0, 0.1) is 5.92 Å². The fourth-order valence-corrected chi connectivity index (χ4v) is 8.76. The number of nitrogens with zero attached hydrogens (tertiary/aromatic N) is 2. The maximum atomic E-state index is 13.7. The number of likely N-dealkylation sites (tertiary alicyclic amines) is 1. The number of aryl methyl sites for hydroxylation is 1. The molecule has 1 saturated heterocycles. The summed E-state index contributed by atoms with van der Waals surface area (Å²) in [5, 5.41) is 11.2. The molecule has 1 saturated carbocycles. The highest BCUT2D eigenvalue weighted by Gasteiger charge is 2.67. The second-order valence-corrected chi connectivity index (χ2v) is 12.5. The number of rotatable bonds is 11. The van der Waals surface area contributed by atoms with Gasteiger partial charge >= 0.3 is 5.97 Å². The van der Waals surface area contributed by atoms with Gasteiger partial charge in [-0.3, -0.25) is 14.5 Å². The minimum Gasteiger partial charge on any atom is -0.508 e. The van der Waals surface area contributed by atoms with E-state index in [2.05, 4.69) is 47.6 Å². The van der Waals surface area contributed by atoms with E-state index in [1.807, 2.05) is 12.1 Å². The Balaban J connectivity index is 1.26. The number of hydrogen-bond donors (Lipinski definition) is 1. The van der Waals surface area contributed by atoms with Crippen molar-refractivity contribution in [1.82, 2.24) is 9.80 Å². The molecule has 2 fully saturated rings. The minimum atomic E-state index is -0.443. The van der Waals surface area contributed by atoms with Gasteiger partial charge in [0.2, 0.25) is 5.91 Å². The summed E-state index contributed by atoms with van der Waals surface area (Å²) >= 11 is 0. The quantitative estimate of drug-likeness (QED) is 0.164. The topological polar surface area (TPSA) is 79.3 Å². The van der Waals surface area contributed by atoms with Crippen LogP contribution in [0.5, 0.6) is 17.2 Å². The molecule has 2 aromatic carbocycles. The number of aromatic hydroxyl groups is 1. The summed E-state index contributed by atoms with van der Waals surface area (Å²) in [5.41, 5.74) is 2.95. The Hall–Kier alpha value is -3.32. The molecule has 0 aromatic heterocycles. The van der Waals surface area contributed by atoms with Gasteiger partial charge in [-0.25, -0.2) is 0 Å². The third-order valence-electron chi connectivity index (χ3n) is 10.4. The average Bonchev–Trinajstić information content (AvgIpc) is 3.32. The van der Waals surface area contributed by atoms with E-state index in [4.69, 9.17) is 9.47 Å². The minimum absolute atomic E-state index is 0.0691. The lowest BCUT2D eigenvalue weighted by molar-refractivity contribution is -0.142. The third kappa shape index (κ3) is 4.80. The van der Waals surface area contributed by atoms with Crippen LogP contribution >= 0.6 is 0 Å². The number of hydrogen-bond acceptors (Lipinski definition) is 6. The van der Waals surface area contributed by atoms with Gasteiger partial charge in [0.15, 0.2) is 11.5 Å². The standard InChI is InChI=1S/C35H44N2O5/c1-4-19-36-20-18-35-26-16-17-27(37(5-2)31(40)15-11-7-10-14-24-12-8-6-9-13-24)34(35)42-33-30(41-23(3)38)22-29(39)25(32(33)35)21-28(26)36/h4,6,8-9,12-13,22,26-28,34,39H,1,5,7,10-11,14-21H2,2-3H3/t26-,27-,28+,34-,35-/m0/s1. The predicted octanol–water partition coefficient (Wildman–Crippen LogP) is 5.56. The molecule has 2 aromatic rings. The van der Waals surface area contributed by atoms with Gasteiger partial charge in [-0.05, 0) is 69.9 Å². The van der Waals surface area contributed by atoms with E-state index in [0.717, 1.165) is 75.6 Å². The monoisotopic (exact) mass is 572 g/mol. The largest absolute Gasteiger partial charge is 0.508 e. The van der Waals surface area contributed by atoms with Gasteiger partial charge in [-0.2, -0.15) is 0 Å². The molecule has 1 amide bonds. The van der Waals surface area contributed by atoms with Crippen LogP contribution in [0.3, 0.4) is 0 Å². The van der Waals surface area contributed by atoms with E-state index in [9.17, 15) is 14.7 Å². The van der Waals surface area contributed by atoms with Crippen molar-refractivity contribution in [3.63, 3.8) is 0 Å². The molecule has 2 heterocycles. The first kappa shape index (κ1) is 28.8. The average molecular weight is 573 g/mol. The number of piperidine rings is 1. The molecule has 1 spiro atoms. The van der Waals surface area contributed by atoms with Gasteiger partial charge in [0.1, 0.15) is 11.9 Å². The third-order valence-corrected chi connectivity index (χ3v) is 10.4. The first-order valence-corrected chi connectivity index (χ1v) is 15.8. The molecule has 0 radical (unpaired) electrons. The molecular weight excluding hydrogens is 528 g/mol. The molecule has 42 heavy (non-hydrogen) atoms. The summed E-state index contributed by atoms with van der Waals surface area (Å²) in [6.07, 6.45) is 9.75. The first-order chi connectivity index (χ1) is 20.4. The number of esters is 1. The van der Waals surface area contributed by atoms with Crippen LogP contribution in [-0.2, 0) is 27.8 Å². The molecule has 224 valence electrons. The maximum Gasteiger partial charge on any atom is 0.308 e. The van der Waals surface area contributed by atoms with Crippen molar-refractivity contribution >= 4 is 11.9 Å². The Morgan fingerprint density at radius 2 is 2.02 bits per heavy atom. The second kappa shape index (κ2) is 11.8. The summed E-state index contributed by atoms with van der Waals surface area (Å²) < 4.78 is 12.5. The van der Waals surface area contributed by atoms with Crippen molar-refractivity contribution in [3.05, 3.63) is 65.7 Å². The highest BCUT2D eigenvalue weighted by Crippen LogP contribution is 2.65. The van der Waals surface area contributed by atoms with Gasteiger partial charge in [0.25, 0.3) is 0 Å². The number of ether oxygens (including phenoxy) is 2.